The molecule has 1 aliphatic heterocycles. The molecule has 0 aromatic heterocycles. The van der Waals surface area contributed by atoms with Crippen LogP contribution in [-0.4, -0.2) is 13.0 Å². The maximum Gasteiger partial charge on any atom is 0.212 e. The second-order valence-electron chi connectivity index (χ2n) is 0.816. The van der Waals surface area contributed by atoms with Gasteiger partial charge < -0.3 is 9.57 Å². The zero-order valence-electron chi connectivity index (χ0n) is 3.13. The fourth-order valence-corrected chi connectivity index (χ4v) is 0.211. The molecule has 0 fully saturated rings. The summed E-state index contributed by atoms with van der Waals surface area (Å²) in [5.41, 5.74) is 0. The van der Waals surface area contributed by atoms with Crippen LogP contribution in [-0.2, 0) is 9.57 Å². The molecule has 0 bridgehead atoms. The Balaban J connectivity index is 2.26. The summed E-state index contributed by atoms with van der Waals surface area (Å²) in [6, 6.07) is 0. The first-order valence-corrected chi connectivity index (χ1v) is 1.61. The van der Waals surface area contributed by atoms with Crippen molar-refractivity contribution in [3.05, 3.63) is 6.61 Å². The van der Waals surface area contributed by atoms with Crippen LogP contribution in [0.1, 0.15) is 0 Å². The predicted molar refractivity (Wildman–Crippen MR) is 19.8 cm³/mol. The summed E-state index contributed by atoms with van der Waals surface area (Å²) in [5, 5.41) is 3.27. The molecule has 0 atom stereocenters. The number of nitrogens with zero attached hydrogens (tertiary/aromatic N) is 1. The van der Waals surface area contributed by atoms with Gasteiger partial charge in [0.05, 0.1) is 0 Å². The third-order valence-corrected chi connectivity index (χ3v) is 0.417. The highest BCUT2D eigenvalue weighted by atomic mass is 16.7. The van der Waals surface area contributed by atoms with Crippen molar-refractivity contribution >= 4 is 6.40 Å². The summed E-state index contributed by atoms with van der Waals surface area (Å²) < 4.78 is 4.60. The van der Waals surface area contributed by atoms with Crippen LogP contribution in [0.2, 0.25) is 0 Å². The Hall–Kier alpha value is -0.730. The van der Waals surface area contributed by atoms with E-state index in [1.807, 2.05) is 0 Å². The Labute approximate surface area is 35.5 Å². The minimum Gasteiger partial charge on any atom is -0.477 e. The molecule has 0 unspecified atom stereocenters. The van der Waals surface area contributed by atoms with Gasteiger partial charge in [-0.2, -0.15) is 0 Å². The fourth-order valence-electron chi connectivity index (χ4n) is 0.211. The van der Waals surface area contributed by atoms with Crippen molar-refractivity contribution in [3.63, 3.8) is 0 Å². The van der Waals surface area contributed by atoms with Crippen LogP contribution in [0, 0.1) is 6.61 Å². The maximum absolute atomic E-state index is 4.60. The maximum atomic E-state index is 4.60. The molecule has 33 valence electrons. The Bertz CT molecular complexity index is 53.8. The zero-order chi connectivity index (χ0) is 4.24. The third kappa shape index (κ3) is 0.607. The molecule has 1 heterocycles. The third-order valence-electron chi connectivity index (χ3n) is 0.417. The molecule has 0 aliphatic carbocycles. The first-order chi connectivity index (χ1) is 3.00. The summed E-state index contributed by atoms with van der Waals surface area (Å²) in [4.78, 5) is 4.39. The molecule has 1 rings (SSSR count). The molecule has 0 amide bonds. The van der Waals surface area contributed by atoms with Crippen molar-refractivity contribution in [3.8, 4) is 0 Å². The van der Waals surface area contributed by atoms with Crippen molar-refractivity contribution in [1.29, 1.82) is 0 Å². The van der Waals surface area contributed by atoms with Gasteiger partial charge in [-0.3, -0.25) is 0 Å². The van der Waals surface area contributed by atoms with E-state index in [1.165, 1.54) is 13.0 Å². The van der Waals surface area contributed by atoms with E-state index in [1.54, 1.807) is 0 Å². The predicted octanol–water partition coefficient (Wildman–Crippen LogP) is 0.138. The topological polar surface area (TPSA) is 30.8 Å². The van der Waals surface area contributed by atoms with Crippen molar-refractivity contribution < 1.29 is 9.57 Å². The molecule has 0 aromatic carbocycles. The van der Waals surface area contributed by atoms with Crippen LogP contribution in [0.15, 0.2) is 5.16 Å². The average Bonchev–Trinajstić information content (AvgIpc) is 1.72. The zero-order valence-corrected chi connectivity index (χ0v) is 3.13. The molecule has 0 N–H and O–H groups in total. The van der Waals surface area contributed by atoms with Crippen molar-refractivity contribution in [2.24, 2.45) is 5.16 Å². The van der Waals surface area contributed by atoms with Crippen LogP contribution in [0.25, 0.3) is 0 Å². The SMILES string of the molecule is [CH]1COC=NO1. The number of hydrogen-bond acceptors (Lipinski definition) is 3. The quantitative estimate of drug-likeness (QED) is 0.419. The highest BCUT2D eigenvalue weighted by Crippen LogP contribution is 1.87. The fraction of sp³-hybridized carbons (Fsp3) is 0.333. The van der Waals surface area contributed by atoms with Gasteiger partial charge in [0.15, 0.2) is 0 Å². The van der Waals surface area contributed by atoms with E-state index in [2.05, 4.69) is 14.7 Å². The van der Waals surface area contributed by atoms with E-state index in [0.29, 0.717) is 6.61 Å². The van der Waals surface area contributed by atoms with Gasteiger partial charge in [0.1, 0.15) is 6.61 Å². The monoisotopic (exact) mass is 86.0 g/mol. The van der Waals surface area contributed by atoms with E-state index in [0.717, 1.165) is 0 Å². The van der Waals surface area contributed by atoms with Crippen molar-refractivity contribution in [2.75, 3.05) is 6.61 Å². The molecule has 3 nitrogen and oxygen atoms in total. The summed E-state index contributed by atoms with van der Waals surface area (Å²) in [5.74, 6) is 0. The highest BCUT2D eigenvalue weighted by Gasteiger charge is 1.89. The molecule has 0 spiro atoms. The molecule has 1 radical (unpaired) electrons. The van der Waals surface area contributed by atoms with Crippen LogP contribution in [0.5, 0.6) is 0 Å². The van der Waals surface area contributed by atoms with Gasteiger partial charge in [-0.25, -0.2) is 0 Å². The van der Waals surface area contributed by atoms with Gasteiger partial charge in [-0.1, -0.05) is 5.16 Å². The normalized spacial score (nSPS) is 18.7. The van der Waals surface area contributed by atoms with Gasteiger partial charge in [0.2, 0.25) is 13.0 Å². The minimum absolute atomic E-state index is 0.503. The molecule has 0 aromatic rings. The van der Waals surface area contributed by atoms with E-state index in [9.17, 15) is 0 Å². The Morgan fingerprint density at radius 2 is 2.67 bits per heavy atom. The van der Waals surface area contributed by atoms with Gasteiger partial charge in [0, 0.05) is 0 Å². The average molecular weight is 86.1 g/mol. The number of hydrogen-bond donors (Lipinski definition) is 0. The number of ether oxygens (including phenoxy) is 1. The second-order valence-corrected chi connectivity index (χ2v) is 0.816. The molecular weight excluding hydrogens is 82.0 g/mol. The minimum atomic E-state index is 0.503. The van der Waals surface area contributed by atoms with Crippen LogP contribution in [0.4, 0.5) is 0 Å². The molecule has 3 heteroatoms. The summed E-state index contributed by atoms with van der Waals surface area (Å²) >= 11 is 0. The largest absolute Gasteiger partial charge is 0.477 e. The Morgan fingerprint density at radius 1 is 1.67 bits per heavy atom. The summed E-state index contributed by atoms with van der Waals surface area (Å²) in [6.45, 7) is 1.98. The lowest BCUT2D eigenvalue weighted by atomic mass is 10.8. The van der Waals surface area contributed by atoms with Crippen molar-refractivity contribution in [1.82, 2.24) is 0 Å². The number of rotatable bonds is 0. The smallest absolute Gasteiger partial charge is 0.212 e. The van der Waals surface area contributed by atoms with Crippen molar-refractivity contribution in [2.45, 2.75) is 0 Å². The van der Waals surface area contributed by atoms with Gasteiger partial charge in [-0.15, -0.1) is 0 Å². The number of oxime groups is 1. The van der Waals surface area contributed by atoms with E-state index in [-0.39, 0.29) is 0 Å². The second kappa shape index (κ2) is 1.64. The van der Waals surface area contributed by atoms with Gasteiger partial charge in [0.25, 0.3) is 0 Å². The Morgan fingerprint density at radius 3 is 2.83 bits per heavy atom. The first-order valence-electron chi connectivity index (χ1n) is 1.61. The summed E-state index contributed by atoms with van der Waals surface area (Å²) in [6.07, 6.45) is 1.26. The molecule has 0 saturated heterocycles. The standard InChI is InChI=1S/C3H4NO2/c1-2-6-4-3-5-1/h2-3H,1H2. The first kappa shape index (κ1) is 3.46. The lowest BCUT2D eigenvalue weighted by molar-refractivity contribution is 0.128. The molecule has 1 aliphatic rings. The lowest BCUT2D eigenvalue weighted by Gasteiger charge is -2.01. The van der Waals surface area contributed by atoms with E-state index < -0.39 is 0 Å². The van der Waals surface area contributed by atoms with Crippen LogP contribution < -0.4 is 0 Å². The van der Waals surface area contributed by atoms with Gasteiger partial charge >= 0.3 is 0 Å². The van der Waals surface area contributed by atoms with Crippen LogP contribution in [0.3, 0.4) is 0 Å². The summed E-state index contributed by atoms with van der Waals surface area (Å²) in [7, 11) is 0. The Kier molecular flexibility index (Phi) is 0.948. The highest BCUT2D eigenvalue weighted by molar-refractivity contribution is 5.45. The van der Waals surface area contributed by atoms with Gasteiger partial charge in [-0.05, 0) is 0 Å². The van der Waals surface area contributed by atoms with Crippen LogP contribution >= 0.6 is 0 Å². The molecule has 0 saturated carbocycles. The lowest BCUT2D eigenvalue weighted by Crippen LogP contribution is -1.99. The molecule has 6 heavy (non-hydrogen) atoms. The van der Waals surface area contributed by atoms with E-state index in [4.69, 9.17) is 0 Å². The molecular formula is C3H4NO2. The van der Waals surface area contributed by atoms with E-state index >= 15 is 0 Å².